The molecular weight excluding hydrogens is 390 g/mol. The summed E-state index contributed by atoms with van der Waals surface area (Å²) in [5, 5.41) is 11.0. The molecular formula is C24H27N5O2. The SMILES string of the molecule is Cc1ccc(CC(=O)N2CCCC2Cn2cc(C(=O)NCc3ccccc3)nn2)cc1. The van der Waals surface area contributed by atoms with Crippen molar-refractivity contribution in [2.75, 3.05) is 6.54 Å². The number of nitrogens with zero attached hydrogens (tertiary/aromatic N) is 4. The van der Waals surface area contributed by atoms with E-state index in [9.17, 15) is 9.59 Å². The number of rotatable bonds is 7. The van der Waals surface area contributed by atoms with Gasteiger partial charge in [0.15, 0.2) is 5.69 Å². The molecule has 0 aliphatic carbocycles. The van der Waals surface area contributed by atoms with Crippen LogP contribution in [0.5, 0.6) is 0 Å². The second-order valence-electron chi connectivity index (χ2n) is 8.04. The molecule has 4 rings (SSSR count). The van der Waals surface area contributed by atoms with Crippen molar-refractivity contribution in [1.82, 2.24) is 25.2 Å². The van der Waals surface area contributed by atoms with E-state index in [1.54, 1.807) is 10.9 Å². The minimum absolute atomic E-state index is 0.0693. The number of aromatic nitrogens is 3. The zero-order valence-corrected chi connectivity index (χ0v) is 17.7. The van der Waals surface area contributed by atoms with E-state index in [1.165, 1.54) is 5.56 Å². The maximum atomic E-state index is 12.9. The lowest BCUT2D eigenvalue weighted by Gasteiger charge is -2.24. The Bertz CT molecular complexity index is 1030. The molecule has 1 atom stereocenters. The van der Waals surface area contributed by atoms with Crippen molar-refractivity contribution in [2.45, 2.75) is 45.3 Å². The summed E-state index contributed by atoms with van der Waals surface area (Å²) in [5.41, 5.74) is 3.52. The van der Waals surface area contributed by atoms with Gasteiger partial charge < -0.3 is 10.2 Å². The number of carbonyl (C=O) groups excluding carboxylic acids is 2. The molecule has 1 aliphatic heterocycles. The fourth-order valence-corrected chi connectivity index (χ4v) is 3.91. The number of benzene rings is 2. The summed E-state index contributed by atoms with van der Waals surface area (Å²) in [5.74, 6) is -0.124. The van der Waals surface area contributed by atoms with Crippen LogP contribution in [0.3, 0.4) is 0 Å². The highest BCUT2D eigenvalue weighted by molar-refractivity contribution is 5.91. The highest BCUT2D eigenvalue weighted by Crippen LogP contribution is 2.20. The van der Waals surface area contributed by atoms with Crippen molar-refractivity contribution in [3.63, 3.8) is 0 Å². The fraction of sp³-hybridized carbons (Fsp3) is 0.333. The van der Waals surface area contributed by atoms with Gasteiger partial charge in [-0.1, -0.05) is 65.4 Å². The molecule has 2 heterocycles. The van der Waals surface area contributed by atoms with Crippen LogP contribution in [-0.2, 0) is 24.3 Å². The lowest BCUT2D eigenvalue weighted by Crippen LogP contribution is -2.39. The monoisotopic (exact) mass is 417 g/mol. The molecule has 0 saturated carbocycles. The quantitative estimate of drug-likeness (QED) is 0.641. The molecule has 0 radical (unpaired) electrons. The summed E-state index contributed by atoms with van der Waals surface area (Å²) >= 11 is 0. The van der Waals surface area contributed by atoms with E-state index in [4.69, 9.17) is 0 Å². The summed E-state index contributed by atoms with van der Waals surface area (Å²) in [4.78, 5) is 27.2. The highest BCUT2D eigenvalue weighted by atomic mass is 16.2. The summed E-state index contributed by atoms with van der Waals surface area (Å²) in [6.45, 7) is 3.78. The van der Waals surface area contributed by atoms with Gasteiger partial charge in [-0.2, -0.15) is 0 Å². The second-order valence-corrected chi connectivity index (χ2v) is 8.04. The van der Waals surface area contributed by atoms with Crippen LogP contribution < -0.4 is 5.32 Å². The Morgan fingerprint density at radius 1 is 1.06 bits per heavy atom. The van der Waals surface area contributed by atoms with Gasteiger partial charge in [0.2, 0.25) is 5.91 Å². The molecule has 160 valence electrons. The fourth-order valence-electron chi connectivity index (χ4n) is 3.91. The maximum absolute atomic E-state index is 12.9. The van der Waals surface area contributed by atoms with Crippen molar-refractivity contribution >= 4 is 11.8 Å². The minimum atomic E-state index is -0.256. The van der Waals surface area contributed by atoms with Gasteiger partial charge in [-0.25, -0.2) is 4.68 Å². The molecule has 1 aromatic heterocycles. The molecule has 7 nitrogen and oxygen atoms in total. The molecule has 1 N–H and O–H groups in total. The first-order valence-electron chi connectivity index (χ1n) is 10.7. The zero-order valence-electron chi connectivity index (χ0n) is 17.7. The van der Waals surface area contributed by atoms with Crippen molar-refractivity contribution in [3.05, 3.63) is 83.2 Å². The standard InChI is InChI=1S/C24H27N5O2/c1-18-9-11-19(12-10-18)14-23(30)29-13-5-8-21(29)16-28-17-22(26-27-28)24(31)25-15-20-6-3-2-4-7-20/h2-4,6-7,9-12,17,21H,5,8,13-16H2,1H3,(H,25,31). The van der Waals surface area contributed by atoms with Crippen molar-refractivity contribution in [1.29, 1.82) is 0 Å². The van der Waals surface area contributed by atoms with E-state index in [2.05, 4.69) is 15.6 Å². The number of nitrogens with one attached hydrogen (secondary N) is 1. The molecule has 1 unspecified atom stereocenters. The van der Waals surface area contributed by atoms with E-state index in [0.717, 1.165) is 30.5 Å². The normalized spacial score (nSPS) is 15.8. The smallest absolute Gasteiger partial charge is 0.273 e. The molecule has 2 aromatic carbocycles. The van der Waals surface area contributed by atoms with E-state index in [-0.39, 0.29) is 23.6 Å². The Morgan fingerprint density at radius 2 is 1.84 bits per heavy atom. The predicted octanol–water partition coefficient (Wildman–Crippen LogP) is 2.75. The van der Waals surface area contributed by atoms with Crippen LogP contribution in [0.25, 0.3) is 0 Å². The van der Waals surface area contributed by atoms with Gasteiger partial charge in [0.25, 0.3) is 5.91 Å². The Kier molecular flexibility index (Phi) is 6.40. The van der Waals surface area contributed by atoms with Crippen LogP contribution in [0.2, 0.25) is 0 Å². The number of carbonyl (C=O) groups is 2. The van der Waals surface area contributed by atoms with Gasteiger partial charge in [-0.05, 0) is 30.9 Å². The van der Waals surface area contributed by atoms with E-state index in [0.29, 0.717) is 19.5 Å². The highest BCUT2D eigenvalue weighted by Gasteiger charge is 2.29. The van der Waals surface area contributed by atoms with Gasteiger partial charge in [-0.15, -0.1) is 5.10 Å². The molecule has 0 bridgehead atoms. The third kappa shape index (κ3) is 5.36. The number of hydrogen-bond acceptors (Lipinski definition) is 4. The average molecular weight is 418 g/mol. The molecule has 1 aliphatic rings. The average Bonchev–Trinajstić information content (AvgIpc) is 3.44. The van der Waals surface area contributed by atoms with Gasteiger partial charge in [0.1, 0.15) is 0 Å². The van der Waals surface area contributed by atoms with Gasteiger partial charge >= 0.3 is 0 Å². The molecule has 7 heteroatoms. The van der Waals surface area contributed by atoms with Gasteiger partial charge in [0.05, 0.1) is 25.2 Å². The van der Waals surface area contributed by atoms with Crippen molar-refractivity contribution in [3.8, 4) is 0 Å². The van der Waals surface area contributed by atoms with Crippen LogP contribution in [0.1, 0.15) is 40.0 Å². The summed E-state index contributed by atoms with van der Waals surface area (Å²) in [7, 11) is 0. The minimum Gasteiger partial charge on any atom is -0.347 e. The maximum Gasteiger partial charge on any atom is 0.273 e. The van der Waals surface area contributed by atoms with Gasteiger partial charge in [0, 0.05) is 13.1 Å². The van der Waals surface area contributed by atoms with E-state index < -0.39 is 0 Å². The third-order valence-corrected chi connectivity index (χ3v) is 5.64. The first-order chi connectivity index (χ1) is 15.1. The second kappa shape index (κ2) is 9.55. The Labute approximate surface area is 182 Å². The van der Waals surface area contributed by atoms with Crippen LogP contribution in [0, 0.1) is 6.92 Å². The molecule has 2 amide bonds. The summed E-state index contributed by atoms with van der Waals surface area (Å²) < 4.78 is 1.67. The molecule has 3 aromatic rings. The van der Waals surface area contributed by atoms with E-state index >= 15 is 0 Å². The third-order valence-electron chi connectivity index (χ3n) is 5.64. The Balaban J connectivity index is 1.33. The molecule has 0 spiro atoms. The van der Waals surface area contributed by atoms with Crippen LogP contribution in [0.15, 0.2) is 60.8 Å². The summed E-state index contributed by atoms with van der Waals surface area (Å²) in [6.07, 6.45) is 3.96. The topological polar surface area (TPSA) is 80.1 Å². The number of hydrogen-bond donors (Lipinski definition) is 1. The van der Waals surface area contributed by atoms with Gasteiger partial charge in [-0.3, -0.25) is 9.59 Å². The van der Waals surface area contributed by atoms with Crippen molar-refractivity contribution in [2.24, 2.45) is 0 Å². The largest absolute Gasteiger partial charge is 0.347 e. The van der Waals surface area contributed by atoms with Crippen molar-refractivity contribution < 1.29 is 9.59 Å². The lowest BCUT2D eigenvalue weighted by atomic mass is 10.1. The first kappa shape index (κ1) is 20.8. The Hall–Kier alpha value is -3.48. The molecule has 31 heavy (non-hydrogen) atoms. The number of amides is 2. The summed E-state index contributed by atoms with van der Waals surface area (Å²) in [6, 6.07) is 17.9. The van der Waals surface area contributed by atoms with E-state index in [1.807, 2.05) is 66.4 Å². The van der Waals surface area contributed by atoms with Crippen LogP contribution in [-0.4, -0.2) is 44.3 Å². The number of likely N-dealkylation sites (tertiary alicyclic amines) is 1. The Morgan fingerprint density at radius 3 is 2.61 bits per heavy atom. The zero-order chi connectivity index (χ0) is 21.6. The molecule has 1 saturated heterocycles. The number of aryl methyl sites for hydroxylation is 1. The molecule has 1 fully saturated rings. The first-order valence-corrected chi connectivity index (χ1v) is 10.7. The lowest BCUT2D eigenvalue weighted by molar-refractivity contribution is -0.131. The van der Waals surface area contributed by atoms with Crippen LogP contribution in [0.4, 0.5) is 0 Å². The predicted molar refractivity (Wildman–Crippen MR) is 117 cm³/mol. The van der Waals surface area contributed by atoms with Crippen LogP contribution >= 0.6 is 0 Å².